The minimum absolute atomic E-state index is 0.103. The van der Waals surface area contributed by atoms with Crippen LogP contribution < -0.4 is 5.32 Å². The van der Waals surface area contributed by atoms with Crippen LogP contribution in [-0.4, -0.2) is 23.6 Å². The number of thiophene rings is 1. The molecular formula is C16H13FN2O3S. The van der Waals surface area contributed by atoms with Gasteiger partial charge in [-0.3, -0.25) is 4.79 Å². The molecule has 5 nitrogen and oxygen atoms in total. The van der Waals surface area contributed by atoms with Crippen LogP contribution in [0.3, 0.4) is 0 Å². The molecule has 0 unspecified atom stereocenters. The highest BCUT2D eigenvalue weighted by Gasteiger charge is 2.19. The van der Waals surface area contributed by atoms with Crippen LogP contribution in [-0.2, 0) is 16.1 Å². The summed E-state index contributed by atoms with van der Waals surface area (Å²) in [5.74, 6) is -1.46. The fraction of sp³-hybridized carbons (Fsp3) is 0.125. The van der Waals surface area contributed by atoms with E-state index in [0.717, 1.165) is 10.2 Å². The molecule has 3 aromatic rings. The Morgan fingerprint density at radius 3 is 2.83 bits per heavy atom. The summed E-state index contributed by atoms with van der Waals surface area (Å²) in [4.78, 5) is 24.9. The van der Waals surface area contributed by atoms with Gasteiger partial charge in [0, 0.05) is 5.39 Å². The van der Waals surface area contributed by atoms with E-state index >= 15 is 0 Å². The largest absolute Gasteiger partial charge is 0.464 e. The van der Waals surface area contributed by atoms with Crippen molar-refractivity contribution in [2.24, 2.45) is 0 Å². The maximum Gasteiger partial charge on any atom is 0.354 e. The molecule has 0 aliphatic carbocycles. The standard InChI is InChI=1S/C16H13FN2O3S/c1-22-16(21)13-8-10-6-7-23-15(10)19(13)9-14(20)18-12-5-3-2-4-11(12)17/h2-8H,9H2,1H3,(H,18,20). The highest BCUT2D eigenvalue weighted by Crippen LogP contribution is 2.26. The third kappa shape index (κ3) is 2.95. The lowest BCUT2D eigenvalue weighted by molar-refractivity contribution is -0.116. The Morgan fingerprint density at radius 2 is 2.09 bits per heavy atom. The van der Waals surface area contributed by atoms with Crippen molar-refractivity contribution in [2.75, 3.05) is 12.4 Å². The monoisotopic (exact) mass is 332 g/mol. The summed E-state index contributed by atoms with van der Waals surface area (Å²) in [6.07, 6.45) is 0. The third-order valence-corrected chi connectivity index (χ3v) is 4.30. The average molecular weight is 332 g/mol. The van der Waals surface area contributed by atoms with Crippen LogP contribution in [0.2, 0.25) is 0 Å². The maximum absolute atomic E-state index is 13.6. The Morgan fingerprint density at radius 1 is 1.30 bits per heavy atom. The van der Waals surface area contributed by atoms with Gasteiger partial charge in [0.05, 0.1) is 12.8 Å². The molecule has 0 atom stereocenters. The summed E-state index contributed by atoms with van der Waals surface area (Å²) in [6.45, 7) is -0.108. The second-order valence-corrected chi connectivity index (χ2v) is 5.71. The predicted octanol–water partition coefficient (Wildman–Crippen LogP) is 3.27. The zero-order chi connectivity index (χ0) is 16.4. The first-order valence-electron chi connectivity index (χ1n) is 6.79. The number of anilines is 1. The molecule has 0 bridgehead atoms. The first kappa shape index (κ1) is 15.2. The van der Waals surface area contributed by atoms with Gasteiger partial charge in [0.25, 0.3) is 0 Å². The molecular weight excluding hydrogens is 319 g/mol. The second kappa shape index (κ2) is 6.21. The molecule has 118 valence electrons. The number of carbonyl (C=O) groups excluding carboxylic acids is 2. The van der Waals surface area contributed by atoms with Crippen LogP contribution in [0, 0.1) is 5.82 Å². The Labute approximate surface area is 135 Å². The van der Waals surface area contributed by atoms with Gasteiger partial charge in [-0.1, -0.05) is 12.1 Å². The molecule has 0 saturated carbocycles. The fourth-order valence-corrected chi connectivity index (χ4v) is 3.20. The Balaban J connectivity index is 1.88. The van der Waals surface area contributed by atoms with Crippen molar-refractivity contribution in [1.82, 2.24) is 4.57 Å². The van der Waals surface area contributed by atoms with Crippen molar-refractivity contribution in [3.8, 4) is 0 Å². The third-order valence-electron chi connectivity index (χ3n) is 3.35. The topological polar surface area (TPSA) is 60.3 Å². The number of rotatable bonds is 4. The van der Waals surface area contributed by atoms with Crippen LogP contribution >= 0.6 is 11.3 Å². The number of para-hydroxylation sites is 1. The van der Waals surface area contributed by atoms with Gasteiger partial charge in [-0.15, -0.1) is 11.3 Å². The molecule has 2 heterocycles. The first-order chi connectivity index (χ1) is 11.1. The number of fused-ring (bicyclic) bond motifs is 1. The number of hydrogen-bond donors (Lipinski definition) is 1. The summed E-state index contributed by atoms with van der Waals surface area (Å²) in [6, 6.07) is 9.45. The van der Waals surface area contributed by atoms with Crippen molar-refractivity contribution in [2.45, 2.75) is 6.54 Å². The number of nitrogens with zero attached hydrogens (tertiary/aromatic N) is 1. The van der Waals surface area contributed by atoms with Crippen LogP contribution in [0.25, 0.3) is 10.2 Å². The van der Waals surface area contributed by atoms with Crippen LogP contribution in [0.5, 0.6) is 0 Å². The van der Waals surface area contributed by atoms with E-state index in [1.54, 1.807) is 22.8 Å². The van der Waals surface area contributed by atoms with Crippen molar-refractivity contribution < 1.29 is 18.7 Å². The molecule has 1 amide bonds. The molecule has 0 aliphatic rings. The van der Waals surface area contributed by atoms with Crippen molar-refractivity contribution >= 4 is 39.1 Å². The van der Waals surface area contributed by atoms with E-state index < -0.39 is 17.7 Å². The number of nitrogens with one attached hydrogen (secondary N) is 1. The minimum atomic E-state index is -0.521. The summed E-state index contributed by atoms with van der Waals surface area (Å²) < 4.78 is 19.9. The van der Waals surface area contributed by atoms with E-state index in [4.69, 9.17) is 4.74 Å². The fourth-order valence-electron chi connectivity index (χ4n) is 2.30. The van der Waals surface area contributed by atoms with Crippen molar-refractivity contribution in [3.05, 3.63) is 53.3 Å². The van der Waals surface area contributed by atoms with Crippen LogP contribution in [0.1, 0.15) is 10.5 Å². The number of ether oxygens (including phenoxy) is 1. The number of benzene rings is 1. The lowest BCUT2D eigenvalue weighted by Gasteiger charge is -2.10. The lowest BCUT2D eigenvalue weighted by atomic mass is 10.3. The van der Waals surface area contributed by atoms with E-state index in [1.807, 2.05) is 11.4 Å². The Kier molecular flexibility index (Phi) is 4.12. The van der Waals surface area contributed by atoms with Gasteiger partial charge >= 0.3 is 5.97 Å². The molecule has 3 rings (SSSR count). The number of methoxy groups -OCH3 is 1. The number of carbonyl (C=O) groups is 2. The predicted molar refractivity (Wildman–Crippen MR) is 86.2 cm³/mol. The lowest BCUT2D eigenvalue weighted by Crippen LogP contribution is -2.22. The molecule has 0 saturated heterocycles. The van der Waals surface area contributed by atoms with Crippen LogP contribution in [0.4, 0.5) is 10.1 Å². The number of halogens is 1. The van der Waals surface area contributed by atoms with Gasteiger partial charge in [-0.2, -0.15) is 0 Å². The number of hydrogen-bond acceptors (Lipinski definition) is 4. The van der Waals surface area contributed by atoms with Gasteiger partial charge < -0.3 is 14.6 Å². The van der Waals surface area contributed by atoms with Gasteiger partial charge in [-0.05, 0) is 29.6 Å². The van der Waals surface area contributed by atoms with Gasteiger partial charge in [0.15, 0.2) is 0 Å². The summed E-state index contributed by atoms with van der Waals surface area (Å²) >= 11 is 1.42. The molecule has 1 N–H and O–H groups in total. The zero-order valence-corrected chi connectivity index (χ0v) is 13.0. The number of esters is 1. The normalized spacial score (nSPS) is 10.7. The highest BCUT2D eigenvalue weighted by molar-refractivity contribution is 7.16. The molecule has 2 aromatic heterocycles. The number of aromatic nitrogens is 1. The average Bonchev–Trinajstić information content (AvgIpc) is 3.11. The summed E-state index contributed by atoms with van der Waals surface area (Å²) in [5, 5.41) is 5.23. The SMILES string of the molecule is COC(=O)c1cc2ccsc2n1CC(=O)Nc1ccccc1F. The highest BCUT2D eigenvalue weighted by atomic mass is 32.1. The van der Waals surface area contributed by atoms with Gasteiger partial charge in [0.1, 0.15) is 22.9 Å². The Hall–Kier alpha value is -2.67. The summed E-state index contributed by atoms with van der Waals surface area (Å²) in [7, 11) is 1.28. The molecule has 1 aromatic carbocycles. The first-order valence-corrected chi connectivity index (χ1v) is 7.67. The van der Waals surface area contributed by atoms with Crippen molar-refractivity contribution in [1.29, 1.82) is 0 Å². The van der Waals surface area contributed by atoms with E-state index in [2.05, 4.69) is 5.32 Å². The van der Waals surface area contributed by atoms with Gasteiger partial charge in [0.2, 0.25) is 5.91 Å². The number of amides is 1. The maximum atomic E-state index is 13.6. The zero-order valence-electron chi connectivity index (χ0n) is 12.2. The molecule has 0 spiro atoms. The van der Waals surface area contributed by atoms with E-state index in [-0.39, 0.29) is 17.9 Å². The van der Waals surface area contributed by atoms with Gasteiger partial charge in [-0.25, -0.2) is 9.18 Å². The van der Waals surface area contributed by atoms with Crippen LogP contribution in [0.15, 0.2) is 41.8 Å². The minimum Gasteiger partial charge on any atom is -0.464 e. The molecule has 0 radical (unpaired) electrons. The smallest absolute Gasteiger partial charge is 0.354 e. The summed E-state index contributed by atoms with van der Waals surface area (Å²) in [5.41, 5.74) is 0.393. The molecule has 0 fully saturated rings. The quantitative estimate of drug-likeness (QED) is 0.746. The Bertz CT molecular complexity index is 884. The second-order valence-electron chi connectivity index (χ2n) is 4.82. The van der Waals surface area contributed by atoms with E-state index in [0.29, 0.717) is 0 Å². The van der Waals surface area contributed by atoms with Crippen molar-refractivity contribution in [3.63, 3.8) is 0 Å². The molecule has 23 heavy (non-hydrogen) atoms. The molecule has 7 heteroatoms. The van der Waals surface area contributed by atoms with E-state index in [1.165, 1.54) is 30.6 Å². The van der Waals surface area contributed by atoms with E-state index in [9.17, 15) is 14.0 Å². The molecule has 0 aliphatic heterocycles.